The number of amides is 1. The predicted octanol–water partition coefficient (Wildman–Crippen LogP) is -0.0249. The lowest BCUT2D eigenvalue weighted by Crippen LogP contribution is -2.26. The highest BCUT2D eigenvalue weighted by atomic mass is 16.4. The first-order chi connectivity index (χ1) is 8.00. The van der Waals surface area contributed by atoms with Crippen LogP contribution in [-0.4, -0.2) is 32.0 Å². The second kappa shape index (κ2) is 4.15. The SMILES string of the molecule is CC(Cn1nnc(C(=O)O)c1C1CC1)C(N)=O. The number of rotatable bonds is 5. The van der Waals surface area contributed by atoms with Crippen LogP contribution in [-0.2, 0) is 11.3 Å². The molecule has 7 heteroatoms. The van der Waals surface area contributed by atoms with E-state index in [0.717, 1.165) is 12.8 Å². The van der Waals surface area contributed by atoms with Crippen molar-refractivity contribution in [3.05, 3.63) is 11.4 Å². The first kappa shape index (κ1) is 11.6. The monoisotopic (exact) mass is 238 g/mol. The summed E-state index contributed by atoms with van der Waals surface area (Å²) >= 11 is 0. The number of carbonyl (C=O) groups is 2. The number of hydrogen-bond donors (Lipinski definition) is 2. The van der Waals surface area contributed by atoms with Crippen LogP contribution in [0.15, 0.2) is 0 Å². The molecule has 1 saturated carbocycles. The first-order valence-corrected chi connectivity index (χ1v) is 5.46. The van der Waals surface area contributed by atoms with E-state index in [2.05, 4.69) is 10.3 Å². The Bertz CT molecular complexity index is 464. The van der Waals surface area contributed by atoms with Crippen molar-refractivity contribution in [3.63, 3.8) is 0 Å². The van der Waals surface area contributed by atoms with E-state index in [4.69, 9.17) is 10.8 Å². The molecule has 1 aromatic rings. The molecule has 17 heavy (non-hydrogen) atoms. The third kappa shape index (κ3) is 2.27. The van der Waals surface area contributed by atoms with Crippen molar-refractivity contribution in [1.82, 2.24) is 15.0 Å². The van der Waals surface area contributed by atoms with Crippen molar-refractivity contribution in [2.24, 2.45) is 11.7 Å². The minimum Gasteiger partial charge on any atom is -0.476 e. The highest BCUT2D eigenvalue weighted by Gasteiger charge is 2.34. The average Bonchev–Trinajstić information content (AvgIpc) is 3.00. The molecular weight excluding hydrogens is 224 g/mol. The summed E-state index contributed by atoms with van der Waals surface area (Å²) in [6, 6.07) is 0. The number of nitrogens with two attached hydrogens (primary N) is 1. The number of carboxylic acid groups (broad SMARTS) is 1. The lowest BCUT2D eigenvalue weighted by molar-refractivity contribution is -0.121. The summed E-state index contributed by atoms with van der Waals surface area (Å²) < 4.78 is 1.50. The van der Waals surface area contributed by atoms with Crippen LogP contribution in [0.4, 0.5) is 0 Å². The van der Waals surface area contributed by atoms with Gasteiger partial charge in [0.25, 0.3) is 0 Å². The van der Waals surface area contributed by atoms with Gasteiger partial charge in [0.1, 0.15) is 0 Å². The fraction of sp³-hybridized carbons (Fsp3) is 0.600. The van der Waals surface area contributed by atoms with Crippen LogP contribution in [0.2, 0.25) is 0 Å². The van der Waals surface area contributed by atoms with Gasteiger partial charge < -0.3 is 10.8 Å². The van der Waals surface area contributed by atoms with E-state index in [1.54, 1.807) is 6.92 Å². The number of primary amides is 1. The number of carboxylic acids is 1. The van der Waals surface area contributed by atoms with Crippen LogP contribution >= 0.6 is 0 Å². The van der Waals surface area contributed by atoms with E-state index in [9.17, 15) is 9.59 Å². The Hall–Kier alpha value is -1.92. The Morgan fingerprint density at radius 3 is 2.71 bits per heavy atom. The van der Waals surface area contributed by atoms with Gasteiger partial charge in [-0.05, 0) is 12.8 Å². The van der Waals surface area contributed by atoms with Crippen molar-refractivity contribution in [2.45, 2.75) is 32.2 Å². The molecule has 1 fully saturated rings. The van der Waals surface area contributed by atoms with Gasteiger partial charge in [0.15, 0.2) is 5.69 Å². The highest BCUT2D eigenvalue weighted by Crippen LogP contribution is 2.41. The van der Waals surface area contributed by atoms with Gasteiger partial charge in [-0.25, -0.2) is 9.48 Å². The smallest absolute Gasteiger partial charge is 0.358 e. The van der Waals surface area contributed by atoms with Crippen molar-refractivity contribution >= 4 is 11.9 Å². The lowest BCUT2D eigenvalue weighted by atomic mass is 10.1. The number of hydrogen-bond acceptors (Lipinski definition) is 4. The van der Waals surface area contributed by atoms with Crippen LogP contribution in [0.5, 0.6) is 0 Å². The zero-order chi connectivity index (χ0) is 12.6. The summed E-state index contributed by atoms with van der Waals surface area (Å²) in [5.74, 6) is -1.70. The van der Waals surface area contributed by atoms with Gasteiger partial charge in [-0.1, -0.05) is 12.1 Å². The zero-order valence-electron chi connectivity index (χ0n) is 9.46. The van der Waals surface area contributed by atoms with Gasteiger partial charge in [-0.2, -0.15) is 0 Å². The molecule has 1 aliphatic carbocycles. The van der Waals surface area contributed by atoms with Gasteiger partial charge in [-0.15, -0.1) is 5.10 Å². The first-order valence-electron chi connectivity index (χ1n) is 5.46. The maximum Gasteiger partial charge on any atom is 0.358 e. The van der Waals surface area contributed by atoms with Crippen LogP contribution in [0.25, 0.3) is 0 Å². The third-order valence-corrected chi connectivity index (χ3v) is 2.87. The minimum atomic E-state index is -1.08. The number of aromatic carboxylic acids is 1. The second-order valence-corrected chi connectivity index (χ2v) is 4.39. The molecular formula is C10H14N4O3. The molecule has 0 aliphatic heterocycles. The van der Waals surface area contributed by atoms with E-state index >= 15 is 0 Å². The molecule has 92 valence electrons. The van der Waals surface area contributed by atoms with Gasteiger partial charge in [0.05, 0.1) is 18.2 Å². The zero-order valence-corrected chi connectivity index (χ0v) is 9.46. The Morgan fingerprint density at radius 1 is 1.59 bits per heavy atom. The van der Waals surface area contributed by atoms with Gasteiger partial charge in [0, 0.05) is 5.92 Å². The Kier molecular flexibility index (Phi) is 2.83. The van der Waals surface area contributed by atoms with Crippen molar-refractivity contribution in [3.8, 4) is 0 Å². The molecule has 0 spiro atoms. The Morgan fingerprint density at radius 2 is 2.24 bits per heavy atom. The van der Waals surface area contributed by atoms with E-state index in [-0.39, 0.29) is 18.2 Å². The van der Waals surface area contributed by atoms with Crippen molar-refractivity contribution in [2.75, 3.05) is 0 Å². The Labute approximate surface area is 97.6 Å². The van der Waals surface area contributed by atoms with Gasteiger partial charge in [0.2, 0.25) is 5.91 Å². The Balaban J connectivity index is 2.28. The normalized spacial score (nSPS) is 16.8. The van der Waals surface area contributed by atoms with E-state index in [1.807, 2.05) is 0 Å². The molecule has 1 unspecified atom stereocenters. The molecule has 0 bridgehead atoms. The molecule has 0 radical (unpaired) electrons. The predicted molar refractivity (Wildman–Crippen MR) is 57.3 cm³/mol. The molecule has 1 atom stereocenters. The van der Waals surface area contributed by atoms with E-state index < -0.39 is 17.8 Å². The van der Waals surface area contributed by atoms with Crippen molar-refractivity contribution in [1.29, 1.82) is 0 Å². The quantitative estimate of drug-likeness (QED) is 0.748. The van der Waals surface area contributed by atoms with Gasteiger partial charge in [-0.3, -0.25) is 4.79 Å². The fourth-order valence-electron chi connectivity index (χ4n) is 1.72. The summed E-state index contributed by atoms with van der Waals surface area (Å²) in [5, 5.41) is 16.4. The second-order valence-electron chi connectivity index (χ2n) is 4.39. The summed E-state index contributed by atoms with van der Waals surface area (Å²) in [5.41, 5.74) is 5.78. The average molecular weight is 238 g/mol. The molecule has 7 nitrogen and oxygen atoms in total. The lowest BCUT2D eigenvalue weighted by Gasteiger charge is -2.09. The third-order valence-electron chi connectivity index (χ3n) is 2.87. The molecule has 1 heterocycles. The molecule has 2 rings (SSSR count). The van der Waals surface area contributed by atoms with Crippen molar-refractivity contribution < 1.29 is 14.7 Å². The number of carbonyl (C=O) groups excluding carboxylic acids is 1. The molecule has 1 amide bonds. The number of nitrogens with zero attached hydrogens (tertiary/aromatic N) is 3. The minimum absolute atomic E-state index is 0.0100. The standard InChI is InChI=1S/C10H14N4O3/c1-5(9(11)15)4-14-8(6-2-3-6)7(10(16)17)12-13-14/h5-6H,2-4H2,1H3,(H2,11,15)(H,16,17). The van der Waals surface area contributed by atoms with Crippen LogP contribution in [0, 0.1) is 5.92 Å². The van der Waals surface area contributed by atoms with E-state index in [1.165, 1.54) is 4.68 Å². The van der Waals surface area contributed by atoms with Crippen LogP contribution < -0.4 is 5.73 Å². The molecule has 1 aliphatic rings. The summed E-state index contributed by atoms with van der Waals surface area (Å²) in [6.07, 6.45) is 1.89. The summed E-state index contributed by atoms with van der Waals surface area (Å²) in [7, 11) is 0. The maximum absolute atomic E-state index is 11.0. The van der Waals surface area contributed by atoms with Crippen LogP contribution in [0.3, 0.4) is 0 Å². The van der Waals surface area contributed by atoms with Gasteiger partial charge >= 0.3 is 5.97 Å². The topological polar surface area (TPSA) is 111 Å². The molecule has 3 N–H and O–H groups in total. The maximum atomic E-state index is 11.0. The fourth-order valence-corrected chi connectivity index (χ4v) is 1.72. The molecule has 0 aromatic carbocycles. The summed E-state index contributed by atoms with van der Waals surface area (Å²) in [6.45, 7) is 1.96. The number of aromatic nitrogens is 3. The largest absolute Gasteiger partial charge is 0.476 e. The molecule has 0 saturated heterocycles. The van der Waals surface area contributed by atoms with E-state index in [0.29, 0.717) is 5.69 Å². The summed E-state index contributed by atoms with van der Waals surface area (Å²) in [4.78, 5) is 22.0. The molecule has 1 aromatic heterocycles. The highest BCUT2D eigenvalue weighted by molar-refractivity contribution is 5.86. The van der Waals surface area contributed by atoms with Crippen LogP contribution in [0.1, 0.15) is 41.9 Å².